The van der Waals surface area contributed by atoms with E-state index >= 15 is 0 Å². The van der Waals surface area contributed by atoms with Gasteiger partial charge in [-0.15, -0.1) is 0 Å². The number of nitrogens with zero attached hydrogens (tertiary/aromatic N) is 2. The van der Waals surface area contributed by atoms with Gasteiger partial charge in [0.1, 0.15) is 5.75 Å². The molecule has 0 saturated carbocycles. The van der Waals surface area contributed by atoms with Crippen molar-refractivity contribution >= 4 is 39.4 Å². The highest BCUT2D eigenvalue weighted by Gasteiger charge is 2.30. The molecule has 0 radical (unpaired) electrons. The van der Waals surface area contributed by atoms with Crippen molar-refractivity contribution in [1.82, 2.24) is 4.90 Å². The Morgan fingerprint density at radius 1 is 1.00 bits per heavy atom. The first kappa shape index (κ1) is 19.9. The maximum absolute atomic E-state index is 11.9. The van der Waals surface area contributed by atoms with Crippen molar-refractivity contribution in [2.75, 3.05) is 12.4 Å². The molecule has 0 aliphatic carbocycles. The van der Waals surface area contributed by atoms with Crippen LogP contribution < -0.4 is 4.74 Å². The molecule has 0 unspecified atom stereocenters. The Morgan fingerprint density at radius 3 is 2.40 bits per heavy atom. The number of hydrogen-bond acceptors (Lipinski definition) is 6. The standard InChI is InChI=1S/C22H18N2O5S/c25-21-14-30-22(26)23(21)13-16-7-10-20(19-4-2-1-3-18(16)19)29-12-11-15-5-8-17(9-6-15)24(27)28/h1-10H,11-14H2. The number of fused-ring (bicyclic) bond motifs is 1. The lowest BCUT2D eigenvalue weighted by molar-refractivity contribution is -0.384. The Hall–Kier alpha value is -3.39. The summed E-state index contributed by atoms with van der Waals surface area (Å²) in [6.45, 7) is 0.662. The van der Waals surface area contributed by atoms with Gasteiger partial charge < -0.3 is 4.74 Å². The van der Waals surface area contributed by atoms with E-state index in [4.69, 9.17) is 4.74 Å². The highest BCUT2D eigenvalue weighted by molar-refractivity contribution is 8.14. The van der Waals surface area contributed by atoms with Gasteiger partial charge in [-0.3, -0.25) is 24.6 Å². The Labute approximate surface area is 176 Å². The zero-order chi connectivity index (χ0) is 21.1. The Kier molecular flexibility index (Phi) is 5.67. The van der Waals surface area contributed by atoms with Crippen LogP contribution in [0.4, 0.5) is 10.5 Å². The maximum atomic E-state index is 11.9. The van der Waals surface area contributed by atoms with E-state index < -0.39 is 4.92 Å². The first-order chi connectivity index (χ1) is 14.5. The van der Waals surface area contributed by atoms with Crippen molar-refractivity contribution < 1.29 is 19.2 Å². The fourth-order valence-corrected chi connectivity index (χ4v) is 4.09. The van der Waals surface area contributed by atoms with E-state index in [1.54, 1.807) is 12.1 Å². The van der Waals surface area contributed by atoms with Gasteiger partial charge in [0.25, 0.3) is 10.9 Å². The topological polar surface area (TPSA) is 89.8 Å². The fraction of sp³-hybridized carbons (Fsp3) is 0.182. The van der Waals surface area contributed by atoms with E-state index in [-0.39, 0.29) is 29.1 Å². The number of amides is 2. The van der Waals surface area contributed by atoms with Crippen LogP contribution in [0.15, 0.2) is 60.7 Å². The third kappa shape index (κ3) is 4.13. The van der Waals surface area contributed by atoms with E-state index in [9.17, 15) is 19.7 Å². The van der Waals surface area contributed by atoms with Crippen LogP contribution in [0.5, 0.6) is 5.75 Å². The van der Waals surface area contributed by atoms with Crippen molar-refractivity contribution in [1.29, 1.82) is 0 Å². The number of thioether (sulfide) groups is 1. The summed E-state index contributed by atoms with van der Waals surface area (Å²) in [6, 6.07) is 17.9. The van der Waals surface area contributed by atoms with Crippen LogP contribution in [-0.2, 0) is 17.8 Å². The molecule has 0 atom stereocenters. The summed E-state index contributed by atoms with van der Waals surface area (Å²) >= 11 is 1.03. The lowest BCUT2D eigenvalue weighted by atomic mass is 10.0. The number of imide groups is 1. The minimum Gasteiger partial charge on any atom is -0.493 e. The van der Waals surface area contributed by atoms with Gasteiger partial charge in [0, 0.05) is 23.9 Å². The molecule has 1 saturated heterocycles. The number of nitro groups is 1. The van der Waals surface area contributed by atoms with E-state index in [1.807, 2.05) is 36.4 Å². The van der Waals surface area contributed by atoms with Gasteiger partial charge in [0.2, 0.25) is 5.91 Å². The highest BCUT2D eigenvalue weighted by Crippen LogP contribution is 2.31. The number of rotatable bonds is 7. The number of carbonyl (C=O) groups excluding carboxylic acids is 2. The van der Waals surface area contributed by atoms with Gasteiger partial charge in [-0.25, -0.2) is 0 Å². The van der Waals surface area contributed by atoms with Gasteiger partial charge in [0.15, 0.2) is 0 Å². The quantitative estimate of drug-likeness (QED) is 0.409. The Morgan fingerprint density at radius 2 is 1.73 bits per heavy atom. The molecule has 0 N–H and O–H groups in total. The average Bonchev–Trinajstić information content (AvgIpc) is 3.07. The SMILES string of the molecule is O=C1CSC(=O)N1Cc1ccc(OCCc2ccc([N+](=O)[O-])cc2)c2ccccc12. The summed E-state index contributed by atoms with van der Waals surface area (Å²) in [5, 5.41) is 12.4. The molecule has 1 aliphatic heterocycles. The molecule has 4 rings (SSSR count). The number of non-ortho nitro benzene ring substituents is 1. The molecule has 30 heavy (non-hydrogen) atoms. The minimum atomic E-state index is -0.421. The first-order valence-corrected chi connectivity index (χ1v) is 10.4. The maximum Gasteiger partial charge on any atom is 0.289 e. The molecule has 152 valence electrons. The predicted octanol–water partition coefficient (Wildman–Crippen LogP) is 4.56. The van der Waals surface area contributed by atoms with Crippen LogP contribution in [0.25, 0.3) is 10.8 Å². The second-order valence-electron chi connectivity index (χ2n) is 6.82. The molecule has 3 aromatic carbocycles. The van der Waals surface area contributed by atoms with Crippen LogP contribution in [0, 0.1) is 10.1 Å². The van der Waals surface area contributed by atoms with Crippen molar-refractivity contribution in [2.45, 2.75) is 13.0 Å². The number of nitro benzene ring substituents is 1. The molecule has 1 fully saturated rings. The zero-order valence-electron chi connectivity index (χ0n) is 15.9. The molecular formula is C22H18N2O5S. The molecule has 2 amide bonds. The molecule has 0 bridgehead atoms. The van der Waals surface area contributed by atoms with E-state index in [0.29, 0.717) is 18.8 Å². The third-order valence-corrected chi connectivity index (χ3v) is 5.80. The molecule has 0 aromatic heterocycles. The number of carbonyl (C=O) groups is 2. The summed E-state index contributed by atoms with van der Waals surface area (Å²) in [7, 11) is 0. The van der Waals surface area contributed by atoms with Crippen LogP contribution in [0.2, 0.25) is 0 Å². The normalized spacial score (nSPS) is 13.8. The summed E-state index contributed by atoms with van der Waals surface area (Å²) < 4.78 is 5.98. The second-order valence-corrected chi connectivity index (χ2v) is 7.75. The molecule has 8 heteroatoms. The van der Waals surface area contributed by atoms with Crippen molar-refractivity contribution in [3.63, 3.8) is 0 Å². The summed E-state index contributed by atoms with van der Waals surface area (Å²) in [5.41, 5.74) is 1.90. The largest absolute Gasteiger partial charge is 0.493 e. The van der Waals surface area contributed by atoms with Crippen molar-refractivity contribution in [2.24, 2.45) is 0 Å². The van der Waals surface area contributed by atoms with Crippen molar-refractivity contribution in [3.05, 3.63) is 81.9 Å². The molecule has 1 heterocycles. The Balaban J connectivity index is 1.49. The van der Waals surface area contributed by atoms with Crippen LogP contribution >= 0.6 is 11.8 Å². The van der Waals surface area contributed by atoms with Crippen molar-refractivity contribution in [3.8, 4) is 5.75 Å². The summed E-state index contributed by atoms with van der Waals surface area (Å²) in [5.74, 6) is 0.739. The lowest BCUT2D eigenvalue weighted by Crippen LogP contribution is -2.28. The second kappa shape index (κ2) is 8.54. The van der Waals surface area contributed by atoms with Gasteiger partial charge >= 0.3 is 0 Å². The fourth-order valence-electron chi connectivity index (χ4n) is 3.36. The molecule has 0 spiro atoms. The molecular weight excluding hydrogens is 404 g/mol. The van der Waals surface area contributed by atoms with E-state index in [0.717, 1.165) is 33.7 Å². The smallest absolute Gasteiger partial charge is 0.289 e. The lowest BCUT2D eigenvalue weighted by Gasteiger charge is -2.16. The summed E-state index contributed by atoms with van der Waals surface area (Å²) in [4.78, 5) is 35.5. The van der Waals surface area contributed by atoms with Gasteiger partial charge in [0.05, 0.1) is 23.8 Å². The molecule has 1 aliphatic rings. The molecule has 7 nitrogen and oxygen atoms in total. The number of ether oxygens (including phenoxy) is 1. The number of benzene rings is 3. The highest BCUT2D eigenvalue weighted by atomic mass is 32.2. The van der Waals surface area contributed by atoms with Crippen LogP contribution in [-0.4, -0.2) is 33.3 Å². The predicted molar refractivity (Wildman–Crippen MR) is 115 cm³/mol. The first-order valence-electron chi connectivity index (χ1n) is 9.37. The van der Waals surface area contributed by atoms with Crippen LogP contribution in [0.3, 0.4) is 0 Å². The monoisotopic (exact) mass is 422 g/mol. The Bertz CT molecular complexity index is 1110. The average molecular weight is 422 g/mol. The van der Waals surface area contributed by atoms with Gasteiger partial charge in [-0.1, -0.05) is 54.2 Å². The van der Waals surface area contributed by atoms with Crippen LogP contribution in [0.1, 0.15) is 11.1 Å². The van der Waals surface area contributed by atoms with E-state index in [2.05, 4.69) is 0 Å². The molecule has 3 aromatic rings. The number of hydrogen-bond donors (Lipinski definition) is 0. The zero-order valence-corrected chi connectivity index (χ0v) is 16.8. The van der Waals surface area contributed by atoms with Gasteiger partial charge in [-0.2, -0.15) is 0 Å². The summed E-state index contributed by atoms with van der Waals surface area (Å²) in [6.07, 6.45) is 0.613. The van der Waals surface area contributed by atoms with E-state index in [1.165, 1.54) is 17.0 Å². The third-order valence-electron chi connectivity index (χ3n) is 4.94. The van der Waals surface area contributed by atoms with Gasteiger partial charge in [-0.05, 0) is 22.6 Å². The minimum absolute atomic E-state index is 0.0645.